The zero-order chi connectivity index (χ0) is 17.2. The second-order valence-electron chi connectivity index (χ2n) is 6.79. The van der Waals surface area contributed by atoms with E-state index in [1.54, 1.807) is 0 Å². The van der Waals surface area contributed by atoms with Crippen LogP contribution in [-0.2, 0) is 9.53 Å². The monoisotopic (exact) mass is 328 g/mol. The van der Waals surface area contributed by atoms with Gasteiger partial charge in [-0.05, 0) is 26.7 Å². The molecule has 0 aliphatic carbocycles. The van der Waals surface area contributed by atoms with Gasteiger partial charge in [-0.3, -0.25) is 4.79 Å². The first-order chi connectivity index (χ1) is 11.2. The molecule has 0 bridgehead atoms. The van der Waals surface area contributed by atoms with Crippen molar-refractivity contribution in [3.8, 4) is 0 Å². The third-order valence-electron chi connectivity index (χ3n) is 4.31. The number of unbranched alkanes of at least 4 members (excludes halogenated alkanes) is 12. The average molecular weight is 329 g/mol. The largest absolute Gasteiger partial charge is 0.466 e. The van der Waals surface area contributed by atoms with Crippen LogP contribution < -0.4 is 0 Å². The van der Waals surface area contributed by atoms with Gasteiger partial charge in [0, 0.05) is 6.42 Å². The van der Waals surface area contributed by atoms with Crippen LogP contribution in [0.3, 0.4) is 0 Å². The van der Waals surface area contributed by atoms with Crippen molar-refractivity contribution in [1.82, 2.24) is 0 Å². The highest BCUT2D eigenvalue weighted by Crippen LogP contribution is 2.13. The van der Waals surface area contributed by atoms with Crippen LogP contribution in [0.1, 0.15) is 110 Å². The minimum Gasteiger partial charge on any atom is -0.466 e. The molecule has 3 heteroatoms. The van der Waals surface area contributed by atoms with Crippen LogP contribution in [-0.4, -0.2) is 23.8 Å². The Bertz CT molecular complexity index is 251. The van der Waals surface area contributed by atoms with E-state index in [2.05, 4.69) is 0 Å². The molecule has 0 radical (unpaired) electrons. The second-order valence-corrected chi connectivity index (χ2v) is 6.79. The Kier molecular flexibility index (Phi) is 17.3. The van der Waals surface area contributed by atoms with E-state index >= 15 is 0 Å². The summed E-state index contributed by atoms with van der Waals surface area (Å²) < 4.78 is 4.92. The van der Waals surface area contributed by atoms with Crippen molar-refractivity contribution < 1.29 is 14.6 Å². The maximum atomic E-state index is 11.2. The van der Waals surface area contributed by atoms with Gasteiger partial charge in [-0.2, -0.15) is 0 Å². The minimum atomic E-state index is -0.125. The first kappa shape index (κ1) is 22.4. The predicted molar refractivity (Wildman–Crippen MR) is 97.6 cm³/mol. The van der Waals surface area contributed by atoms with E-state index in [1.807, 2.05) is 13.8 Å². The molecule has 0 aromatic rings. The molecular formula is C20H40O3. The third-order valence-corrected chi connectivity index (χ3v) is 4.31. The molecule has 3 nitrogen and oxygen atoms in total. The van der Waals surface area contributed by atoms with Gasteiger partial charge in [0.05, 0.1) is 12.7 Å². The predicted octanol–water partition coefficient (Wildman–Crippen LogP) is 5.78. The number of esters is 1. The van der Waals surface area contributed by atoms with Crippen molar-refractivity contribution in [2.45, 2.75) is 116 Å². The van der Waals surface area contributed by atoms with E-state index in [4.69, 9.17) is 9.84 Å². The van der Waals surface area contributed by atoms with Gasteiger partial charge in [-0.1, -0.05) is 77.0 Å². The van der Waals surface area contributed by atoms with Crippen molar-refractivity contribution in [3.63, 3.8) is 0 Å². The van der Waals surface area contributed by atoms with Crippen LogP contribution in [0.5, 0.6) is 0 Å². The number of carbonyl (C=O) groups excluding carboxylic acids is 1. The Labute approximate surface area is 144 Å². The van der Waals surface area contributed by atoms with E-state index < -0.39 is 0 Å². The molecule has 0 aromatic carbocycles. The van der Waals surface area contributed by atoms with Gasteiger partial charge in [0.15, 0.2) is 0 Å². The van der Waals surface area contributed by atoms with Crippen molar-refractivity contribution in [2.24, 2.45) is 0 Å². The number of hydrogen-bond donors (Lipinski definition) is 1. The Balaban J connectivity index is 3.04. The summed E-state index contributed by atoms with van der Waals surface area (Å²) in [6.45, 7) is 4.23. The van der Waals surface area contributed by atoms with Gasteiger partial charge in [0.25, 0.3) is 0 Å². The zero-order valence-corrected chi connectivity index (χ0v) is 15.7. The summed E-state index contributed by atoms with van der Waals surface area (Å²) in [5.74, 6) is -0.0432. The number of hydrogen-bond acceptors (Lipinski definition) is 3. The summed E-state index contributed by atoms with van der Waals surface area (Å²) in [5, 5.41) is 9.17. The normalized spacial score (nSPS) is 12.3. The molecule has 1 N–H and O–H groups in total. The molecule has 1 unspecified atom stereocenters. The first-order valence-electron chi connectivity index (χ1n) is 10.0. The maximum Gasteiger partial charge on any atom is 0.305 e. The lowest BCUT2D eigenvalue weighted by Crippen LogP contribution is -2.03. The Morgan fingerprint density at radius 3 is 1.57 bits per heavy atom. The molecule has 1 atom stereocenters. The molecule has 0 fully saturated rings. The van der Waals surface area contributed by atoms with E-state index in [0.29, 0.717) is 13.0 Å². The van der Waals surface area contributed by atoms with E-state index in [1.165, 1.54) is 70.6 Å². The van der Waals surface area contributed by atoms with Crippen LogP contribution in [0, 0.1) is 0 Å². The topological polar surface area (TPSA) is 46.5 Å². The SMILES string of the molecule is CCOC(=O)CCCCCCCCCCCCCCCC(C)O. The fraction of sp³-hybridized carbons (Fsp3) is 0.950. The summed E-state index contributed by atoms with van der Waals surface area (Å²) >= 11 is 0. The van der Waals surface area contributed by atoms with Gasteiger partial charge in [-0.15, -0.1) is 0 Å². The lowest BCUT2D eigenvalue weighted by atomic mass is 10.0. The van der Waals surface area contributed by atoms with Crippen LogP contribution in [0.2, 0.25) is 0 Å². The highest BCUT2D eigenvalue weighted by molar-refractivity contribution is 5.69. The van der Waals surface area contributed by atoms with Gasteiger partial charge >= 0.3 is 5.97 Å². The standard InChI is InChI=1S/C20H40O3/c1-3-23-20(22)18-16-14-12-10-8-6-4-5-7-9-11-13-15-17-19(2)21/h19,21H,3-18H2,1-2H3. The fourth-order valence-corrected chi connectivity index (χ4v) is 2.89. The molecule has 138 valence electrons. The average Bonchev–Trinajstić information content (AvgIpc) is 2.51. The van der Waals surface area contributed by atoms with Gasteiger partial charge < -0.3 is 9.84 Å². The Morgan fingerprint density at radius 1 is 0.783 bits per heavy atom. The fourth-order valence-electron chi connectivity index (χ4n) is 2.89. The number of rotatable bonds is 17. The third kappa shape index (κ3) is 19.4. The number of aliphatic hydroxyl groups excluding tert-OH is 1. The lowest BCUT2D eigenvalue weighted by Gasteiger charge is -2.04. The van der Waals surface area contributed by atoms with E-state index in [9.17, 15) is 4.79 Å². The molecule has 0 saturated heterocycles. The minimum absolute atomic E-state index is 0.0432. The molecule has 0 amide bonds. The van der Waals surface area contributed by atoms with E-state index in [0.717, 1.165) is 19.3 Å². The van der Waals surface area contributed by atoms with Crippen molar-refractivity contribution in [2.75, 3.05) is 6.61 Å². The molecule has 0 rings (SSSR count). The summed E-state index contributed by atoms with van der Waals surface area (Å²) in [4.78, 5) is 11.2. The van der Waals surface area contributed by atoms with E-state index in [-0.39, 0.29) is 12.1 Å². The number of ether oxygens (including phenoxy) is 1. The number of aliphatic hydroxyl groups is 1. The summed E-state index contributed by atoms with van der Waals surface area (Å²) in [6, 6.07) is 0. The zero-order valence-electron chi connectivity index (χ0n) is 15.7. The smallest absolute Gasteiger partial charge is 0.305 e. The molecule has 0 heterocycles. The number of carbonyl (C=O) groups is 1. The van der Waals surface area contributed by atoms with Crippen LogP contribution >= 0.6 is 0 Å². The maximum absolute atomic E-state index is 11.2. The van der Waals surface area contributed by atoms with Gasteiger partial charge in [-0.25, -0.2) is 0 Å². The lowest BCUT2D eigenvalue weighted by molar-refractivity contribution is -0.143. The molecule has 0 spiro atoms. The highest BCUT2D eigenvalue weighted by Gasteiger charge is 2.00. The molecule has 0 aliphatic rings. The quantitative estimate of drug-likeness (QED) is 0.272. The highest BCUT2D eigenvalue weighted by atomic mass is 16.5. The molecule has 0 aliphatic heterocycles. The Hall–Kier alpha value is -0.570. The van der Waals surface area contributed by atoms with Crippen molar-refractivity contribution >= 4 is 5.97 Å². The molecule has 0 saturated carbocycles. The van der Waals surface area contributed by atoms with Crippen molar-refractivity contribution in [3.05, 3.63) is 0 Å². The summed E-state index contributed by atoms with van der Waals surface area (Å²) in [5.41, 5.74) is 0. The molecule has 0 aromatic heterocycles. The van der Waals surface area contributed by atoms with Gasteiger partial charge in [0.2, 0.25) is 0 Å². The van der Waals surface area contributed by atoms with Crippen molar-refractivity contribution in [1.29, 1.82) is 0 Å². The Morgan fingerprint density at radius 2 is 1.17 bits per heavy atom. The van der Waals surface area contributed by atoms with Crippen LogP contribution in [0.15, 0.2) is 0 Å². The molecular weight excluding hydrogens is 288 g/mol. The first-order valence-corrected chi connectivity index (χ1v) is 10.0. The second kappa shape index (κ2) is 17.8. The van der Waals surface area contributed by atoms with Gasteiger partial charge in [0.1, 0.15) is 0 Å². The van der Waals surface area contributed by atoms with Crippen LogP contribution in [0.4, 0.5) is 0 Å². The van der Waals surface area contributed by atoms with Crippen LogP contribution in [0.25, 0.3) is 0 Å². The molecule has 23 heavy (non-hydrogen) atoms. The summed E-state index contributed by atoms with van der Waals surface area (Å²) in [6.07, 6.45) is 18.1. The summed E-state index contributed by atoms with van der Waals surface area (Å²) in [7, 11) is 0.